The number of fused-ring (bicyclic) bond motifs is 2. The lowest BCUT2D eigenvalue weighted by Crippen LogP contribution is -2.22. The van der Waals surface area contributed by atoms with Crippen LogP contribution in [0.25, 0.3) is 11.1 Å². The van der Waals surface area contributed by atoms with E-state index in [9.17, 15) is 9.59 Å². The van der Waals surface area contributed by atoms with E-state index in [0.717, 1.165) is 57.7 Å². The summed E-state index contributed by atoms with van der Waals surface area (Å²) in [5, 5.41) is 0. The Morgan fingerprint density at radius 1 is 0.906 bits per heavy atom. The molecule has 2 heterocycles. The molecular formula is C27H22O5. The van der Waals surface area contributed by atoms with E-state index in [0.29, 0.717) is 18.6 Å². The van der Waals surface area contributed by atoms with E-state index in [1.165, 1.54) is 0 Å². The highest BCUT2D eigenvalue weighted by Gasteiger charge is 2.50. The largest absolute Gasteiger partial charge is 0.457 e. The zero-order chi connectivity index (χ0) is 21.9. The lowest BCUT2D eigenvalue weighted by molar-refractivity contribution is -0.120. The van der Waals surface area contributed by atoms with Crippen molar-refractivity contribution < 1.29 is 23.8 Å². The molecule has 0 atom stereocenters. The van der Waals surface area contributed by atoms with E-state index in [4.69, 9.17) is 14.2 Å². The van der Waals surface area contributed by atoms with Crippen LogP contribution in [0.5, 0.6) is 11.5 Å². The second-order valence-corrected chi connectivity index (χ2v) is 8.85. The maximum atomic E-state index is 13.4. The number of carbonyl (C=O) groups excluding carboxylic acids is 2. The van der Waals surface area contributed by atoms with Gasteiger partial charge in [0.05, 0.1) is 11.0 Å². The highest BCUT2D eigenvalue weighted by Crippen LogP contribution is 2.51. The predicted octanol–water partition coefficient (Wildman–Crippen LogP) is 4.90. The van der Waals surface area contributed by atoms with E-state index in [1.54, 1.807) is 0 Å². The lowest BCUT2D eigenvalue weighted by Gasteiger charge is -2.16. The minimum Gasteiger partial charge on any atom is -0.457 e. The van der Waals surface area contributed by atoms with Gasteiger partial charge >= 0.3 is 5.97 Å². The van der Waals surface area contributed by atoms with Gasteiger partial charge in [-0.05, 0) is 71.8 Å². The van der Waals surface area contributed by atoms with Crippen molar-refractivity contribution in [3.63, 3.8) is 0 Å². The number of aryl methyl sites for hydroxylation is 1. The minimum absolute atomic E-state index is 0.231. The Hall–Kier alpha value is -3.60. The summed E-state index contributed by atoms with van der Waals surface area (Å²) in [5.74, 6) is 1.43. The maximum absolute atomic E-state index is 13.4. The molecule has 0 saturated heterocycles. The average molecular weight is 426 g/mol. The topological polar surface area (TPSA) is 61.8 Å². The Morgan fingerprint density at radius 2 is 1.75 bits per heavy atom. The Bertz CT molecular complexity index is 1290. The van der Waals surface area contributed by atoms with Gasteiger partial charge in [-0.1, -0.05) is 30.3 Å². The molecule has 3 aromatic rings. The number of Topliss-reactive ketones (excluding diaryl/α,β-unsaturated/α-hetero) is 1. The van der Waals surface area contributed by atoms with Crippen molar-refractivity contribution in [3.8, 4) is 22.6 Å². The zero-order valence-corrected chi connectivity index (χ0v) is 17.8. The molecule has 1 fully saturated rings. The number of carbonyl (C=O) groups is 2. The number of ether oxygens (including phenoxy) is 3. The van der Waals surface area contributed by atoms with Crippen molar-refractivity contribution in [2.45, 2.75) is 38.2 Å². The van der Waals surface area contributed by atoms with Crippen molar-refractivity contribution in [1.82, 2.24) is 0 Å². The molecule has 0 N–H and O–H groups in total. The number of cyclic esters (lactones) is 1. The van der Waals surface area contributed by atoms with Gasteiger partial charge < -0.3 is 14.2 Å². The van der Waals surface area contributed by atoms with Gasteiger partial charge in [0.25, 0.3) is 0 Å². The van der Waals surface area contributed by atoms with Gasteiger partial charge in [0.15, 0.2) is 11.5 Å². The summed E-state index contributed by atoms with van der Waals surface area (Å²) in [6.45, 7) is 2.61. The first-order chi connectivity index (χ1) is 15.5. The fourth-order valence-electron chi connectivity index (χ4n) is 4.79. The summed E-state index contributed by atoms with van der Waals surface area (Å²) in [5.41, 5.74) is 6.37. The monoisotopic (exact) mass is 426 g/mol. The van der Waals surface area contributed by atoms with Crippen LogP contribution >= 0.6 is 0 Å². The van der Waals surface area contributed by atoms with Crippen LogP contribution in [0.1, 0.15) is 45.5 Å². The van der Waals surface area contributed by atoms with Crippen molar-refractivity contribution in [2.24, 2.45) is 0 Å². The highest BCUT2D eigenvalue weighted by atomic mass is 16.7. The van der Waals surface area contributed by atoms with E-state index in [2.05, 4.69) is 19.1 Å². The molecule has 32 heavy (non-hydrogen) atoms. The van der Waals surface area contributed by atoms with Crippen LogP contribution in [0.4, 0.5) is 0 Å². The molecule has 3 aromatic carbocycles. The predicted molar refractivity (Wildman–Crippen MR) is 118 cm³/mol. The number of ketones is 1. The Labute approximate surface area is 185 Å². The zero-order valence-electron chi connectivity index (χ0n) is 17.8. The number of hydrogen-bond acceptors (Lipinski definition) is 5. The van der Waals surface area contributed by atoms with Crippen LogP contribution in [0.3, 0.4) is 0 Å². The number of hydrogen-bond donors (Lipinski definition) is 0. The number of benzene rings is 3. The summed E-state index contributed by atoms with van der Waals surface area (Å²) in [6.07, 6.45) is 2.11. The molecule has 1 saturated carbocycles. The van der Waals surface area contributed by atoms with E-state index < -0.39 is 5.41 Å². The second kappa shape index (κ2) is 6.95. The average Bonchev–Trinajstić information content (AvgIpc) is 3.35. The van der Waals surface area contributed by atoms with Gasteiger partial charge in [-0.3, -0.25) is 4.79 Å². The lowest BCUT2D eigenvalue weighted by atomic mass is 9.86. The molecule has 0 aromatic heterocycles. The molecule has 5 heteroatoms. The molecule has 1 aliphatic carbocycles. The SMILES string of the molecule is Cc1ccc(CC(=O)C2(c3ccc4c(c3)OCO4)CC2)cc1-c1ccc2c(c1)COC2=O. The molecule has 160 valence electrons. The first kappa shape index (κ1) is 19.1. The fourth-order valence-corrected chi connectivity index (χ4v) is 4.79. The molecular weight excluding hydrogens is 404 g/mol. The second-order valence-electron chi connectivity index (χ2n) is 8.85. The molecule has 5 nitrogen and oxygen atoms in total. The minimum atomic E-state index is -0.419. The first-order valence-corrected chi connectivity index (χ1v) is 10.9. The van der Waals surface area contributed by atoms with E-state index in [-0.39, 0.29) is 18.5 Å². The molecule has 3 aliphatic rings. The van der Waals surface area contributed by atoms with Crippen LogP contribution in [0, 0.1) is 6.92 Å². The first-order valence-electron chi connectivity index (χ1n) is 10.9. The van der Waals surface area contributed by atoms with Crippen LogP contribution < -0.4 is 9.47 Å². The third kappa shape index (κ3) is 3.00. The summed E-state index contributed by atoms with van der Waals surface area (Å²) in [4.78, 5) is 25.2. The van der Waals surface area contributed by atoms with Gasteiger partial charge in [-0.2, -0.15) is 0 Å². The normalized spacial score (nSPS) is 17.1. The maximum Gasteiger partial charge on any atom is 0.338 e. The van der Waals surface area contributed by atoms with Gasteiger partial charge in [0, 0.05) is 12.0 Å². The summed E-state index contributed by atoms with van der Waals surface area (Å²) < 4.78 is 16.1. The molecule has 6 rings (SSSR count). The van der Waals surface area contributed by atoms with Crippen molar-refractivity contribution in [3.05, 3.63) is 82.4 Å². The quantitative estimate of drug-likeness (QED) is 0.543. The van der Waals surface area contributed by atoms with Gasteiger partial charge in [-0.15, -0.1) is 0 Å². The number of rotatable bonds is 5. The van der Waals surface area contributed by atoms with Gasteiger partial charge in [-0.25, -0.2) is 4.79 Å². The molecule has 0 unspecified atom stereocenters. The summed E-state index contributed by atoms with van der Waals surface area (Å²) in [7, 11) is 0. The number of esters is 1. The van der Waals surface area contributed by atoms with Gasteiger partial charge in [0.1, 0.15) is 12.4 Å². The third-order valence-electron chi connectivity index (χ3n) is 6.87. The van der Waals surface area contributed by atoms with Crippen molar-refractivity contribution in [1.29, 1.82) is 0 Å². The molecule has 0 amide bonds. The summed E-state index contributed by atoms with van der Waals surface area (Å²) in [6, 6.07) is 17.8. The smallest absolute Gasteiger partial charge is 0.338 e. The molecule has 0 spiro atoms. The Kier molecular flexibility index (Phi) is 4.15. The van der Waals surface area contributed by atoms with Crippen LogP contribution in [0.15, 0.2) is 54.6 Å². The Morgan fingerprint density at radius 3 is 2.59 bits per heavy atom. The van der Waals surface area contributed by atoms with Crippen LogP contribution in [0.2, 0.25) is 0 Å². The van der Waals surface area contributed by atoms with Crippen molar-refractivity contribution in [2.75, 3.05) is 6.79 Å². The van der Waals surface area contributed by atoms with E-state index >= 15 is 0 Å². The fraction of sp³-hybridized carbons (Fsp3) is 0.259. The molecule has 0 bridgehead atoms. The van der Waals surface area contributed by atoms with E-state index in [1.807, 2.05) is 42.5 Å². The molecule has 2 aliphatic heterocycles. The summed E-state index contributed by atoms with van der Waals surface area (Å²) >= 11 is 0. The molecule has 0 radical (unpaired) electrons. The van der Waals surface area contributed by atoms with Crippen LogP contribution in [-0.4, -0.2) is 18.5 Å². The van der Waals surface area contributed by atoms with Gasteiger partial charge in [0.2, 0.25) is 6.79 Å². The third-order valence-corrected chi connectivity index (χ3v) is 6.87. The van der Waals surface area contributed by atoms with Crippen LogP contribution in [-0.2, 0) is 28.0 Å². The Balaban J connectivity index is 1.28. The highest BCUT2D eigenvalue weighted by molar-refractivity contribution is 5.95. The standard InChI is InChI=1S/C27H22O5/c1-16-2-3-17(10-22(16)18-4-6-21-19(12-18)14-30-26(21)29)11-25(28)27(8-9-27)20-5-7-23-24(13-20)32-15-31-23/h2-7,10,12-13H,8-9,11,14-15H2,1H3. The van der Waals surface area contributed by atoms with Crippen molar-refractivity contribution >= 4 is 11.8 Å².